The lowest BCUT2D eigenvalue weighted by Crippen LogP contribution is -2.20. The summed E-state index contributed by atoms with van der Waals surface area (Å²) in [6, 6.07) is 38.9. The fourth-order valence-corrected chi connectivity index (χ4v) is 10.4. The maximum atomic E-state index is 8.98. The minimum Gasteiger partial charge on any atom is -0.333 e. The summed E-state index contributed by atoms with van der Waals surface area (Å²) in [6.07, 6.45) is 23.8. The van der Waals surface area contributed by atoms with E-state index in [0.717, 1.165) is 41.8 Å². The molecule has 0 spiro atoms. The first kappa shape index (κ1) is 41.1. The van der Waals surface area contributed by atoms with Crippen LogP contribution in [0.3, 0.4) is 0 Å². The summed E-state index contributed by atoms with van der Waals surface area (Å²) >= 11 is 0. The zero-order valence-electron chi connectivity index (χ0n) is 37.2. The molecule has 62 heavy (non-hydrogen) atoms. The first-order valence-corrected chi connectivity index (χ1v) is 22.6. The van der Waals surface area contributed by atoms with Crippen molar-refractivity contribution < 1.29 is 0 Å². The van der Waals surface area contributed by atoms with Gasteiger partial charge in [-0.05, 0) is 120 Å². The highest BCUT2D eigenvalue weighted by Crippen LogP contribution is 2.59. The van der Waals surface area contributed by atoms with Crippen LogP contribution in [-0.4, -0.2) is 10.3 Å². The minimum absolute atomic E-state index is 0.191. The number of benzene rings is 5. The number of nitrogens with one attached hydrogen (secondary N) is 1. The second-order valence-electron chi connectivity index (χ2n) is 18.4. The molecule has 4 unspecified atom stereocenters. The summed E-state index contributed by atoms with van der Waals surface area (Å²) in [6.45, 7) is 13.9. The molecule has 0 saturated carbocycles. The maximum Gasteiger partial charge on any atom is 0.0594 e. The van der Waals surface area contributed by atoms with Gasteiger partial charge >= 0.3 is 0 Å². The van der Waals surface area contributed by atoms with Crippen molar-refractivity contribution in [1.82, 2.24) is 4.57 Å². The molecule has 3 N–H and O–H groups in total. The minimum atomic E-state index is -0.308. The lowest BCUT2D eigenvalue weighted by Gasteiger charge is -2.32. The Kier molecular flexibility index (Phi) is 11.2. The van der Waals surface area contributed by atoms with Crippen LogP contribution >= 0.6 is 0 Å². The summed E-state index contributed by atoms with van der Waals surface area (Å²) in [5.74, 6) is 0.863. The van der Waals surface area contributed by atoms with E-state index in [1.807, 2.05) is 18.2 Å². The molecule has 4 atom stereocenters. The smallest absolute Gasteiger partial charge is 0.0594 e. The van der Waals surface area contributed by atoms with Gasteiger partial charge in [0, 0.05) is 46.0 Å². The van der Waals surface area contributed by atoms with Crippen LogP contribution in [0.4, 0.5) is 17.1 Å². The van der Waals surface area contributed by atoms with Gasteiger partial charge in [0.15, 0.2) is 0 Å². The van der Waals surface area contributed by atoms with E-state index in [-0.39, 0.29) is 17.5 Å². The average molecular weight is 813 g/mol. The Morgan fingerprint density at radius 2 is 1.53 bits per heavy atom. The van der Waals surface area contributed by atoms with Crippen LogP contribution in [0.5, 0.6) is 0 Å². The Balaban J connectivity index is 0.000000639. The molecule has 1 heterocycles. The van der Waals surface area contributed by atoms with E-state index in [1.54, 1.807) is 0 Å². The van der Waals surface area contributed by atoms with Crippen LogP contribution in [0.2, 0.25) is 0 Å². The van der Waals surface area contributed by atoms with Crippen molar-refractivity contribution in [3.05, 3.63) is 202 Å². The van der Waals surface area contributed by atoms with Gasteiger partial charge in [0.25, 0.3) is 0 Å². The number of aromatic nitrogens is 1. The summed E-state index contributed by atoms with van der Waals surface area (Å²) in [5, 5.41) is 10.3. The Morgan fingerprint density at radius 3 is 2.23 bits per heavy atom. The normalized spacial score (nSPS) is 19.5. The number of fused-ring (bicyclic) bond motifs is 7. The van der Waals surface area contributed by atoms with Gasteiger partial charge in [-0.2, -0.15) is 0 Å². The predicted octanol–water partition coefficient (Wildman–Crippen LogP) is 15.2. The summed E-state index contributed by atoms with van der Waals surface area (Å²) in [5.41, 5.74) is 25.2. The molecule has 4 aliphatic rings. The number of aryl methyl sites for hydroxylation is 1. The second kappa shape index (κ2) is 16.9. The van der Waals surface area contributed by atoms with Crippen molar-refractivity contribution in [3.63, 3.8) is 0 Å². The van der Waals surface area contributed by atoms with Gasteiger partial charge in [-0.15, -0.1) is 0 Å². The molecule has 0 amide bonds. The van der Waals surface area contributed by atoms with Crippen LogP contribution in [-0.2, 0) is 5.41 Å². The lowest BCUT2D eigenvalue weighted by atomic mass is 9.79. The van der Waals surface area contributed by atoms with Gasteiger partial charge in [0.2, 0.25) is 0 Å². The fraction of sp³-hybridized carbons (Fsp3) is 0.259. The Bertz CT molecular complexity index is 2810. The fourth-order valence-electron chi connectivity index (χ4n) is 10.4. The average Bonchev–Trinajstić information content (AvgIpc) is 3.76. The number of allylic oxidation sites excluding steroid dienone is 9. The lowest BCUT2D eigenvalue weighted by molar-refractivity contribution is 0.605. The molecule has 0 bridgehead atoms. The molecular weight excluding hydrogens is 753 g/mol. The third kappa shape index (κ3) is 7.35. The zero-order valence-corrected chi connectivity index (χ0v) is 37.2. The standard InChI is InChI=1S/C51H52N4.C7H8/c1-32-26-28-35(29-27-32)42(52)31-43(53)36-17-15-22-39(30-36)54(37-18-8-6-9-19-37)49-34(3)46-40-23-12-13-24-41(40)51(4,5)48(46)50-47(49)45-33(2)16-14-25-44(45)55(50)38-20-10-7-11-21-38;1-7-5-3-2-4-6-7/h6-15,17-20,22-26,28-30,32-33,38,43,52H,16,21,27,31,53H2,1-5H3;2-6H,1H3. The van der Waals surface area contributed by atoms with E-state index in [1.165, 1.54) is 61.2 Å². The van der Waals surface area contributed by atoms with Crippen LogP contribution in [0, 0.1) is 25.2 Å². The summed E-state index contributed by atoms with van der Waals surface area (Å²) in [4.78, 5) is 2.51. The number of rotatable bonds is 8. The van der Waals surface area contributed by atoms with E-state index in [9.17, 15) is 0 Å². The van der Waals surface area contributed by atoms with Gasteiger partial charge in [0.05, 0.1) is 17.2 Å². The van der Waals surface area contributed by atoms with Gasteiger partial charge in [0.1, 0.15) is 0 Å². The van der Waals surface area contributed by atoms with Gasteiger partial charge in [-0.25, -0.2) is 0 Å². The predicted molar refractivity (Wildman–Crippen MR) is 264 cm³/mol. The number of para-hydroxylation sites is 1. The largest absolute Gasteiger partial charge is 0.333 e. The van der Waals surface area contributed by atoms with Crippen LogP contribution in [0.1, 0.15) is 110 Å². The van der Waals surface area contributed by atoms with E-state index >= 15 is 0 Å². The highest BCUT2D eigenvalue weighted by Gasteiger charge is 2.43. The molecule has 1 aromatic heterocycles. The van der Waals surface area contributed by atoms with Gasteiger partial charge in [-0.3, -0.25) is 0 Å². The Hall–Kier alpha value is -6.23. The first-order chi connectivity index (χ1) is 30.0. The SMILES string of the molecule is Cc1c2c(c3c(c4c(n3C3C=CC=CC3)C=CCC4C)c1N(c1ccccc1)c1cccc(C(N)CC(=N)C3=CCC(C)C=C3)c1)C(C)(C)c1ccccc1-2.Cc1ccccc1. The molecule has 312 valence electrons. The Morgan fingerprint density at radius 1 is 0.806 bits per heavy atom. The maximum absolute atomic E-state index is 8.98. The first-order valence-electron chi connectivity index (χ1n) is 22.6. The number of anilines is 3. The molecule has 5 aromatic carbocycles. The molecule has 6 aromatic rings. The molecule has 4 heteroatoms. The quantitative estimate of drug-likeness (QED) is 0.150. The van der Waals surface area contributed by atoms with Crippen molar-refractivity contribution in [1.29, 1.82) is 5.41 Å². The highest BCUT2D eigenvalue weighted by molar-refractivity contribution is 6.11. The summed E-state index contributed by atoms with van der Waals surface area (Å²) in [7, 11) is 0. The van der Waals surface area contributed by atoms with Crippen molar-refractivity contribution in [2.45, 2.75) is 90.6 Å². The second-order valence-corrected chi connectivity index (χ2v) is 18.4. The van der Waals surface area contributed by atoms with E-state index in [4.69, 9.17) is 11.1 Å². The molecule has 4 nitrogen and oxygen atoms in total. The van der Waals surface area contributed by atoms with E-state index < -0.39 is 0 Å². The third-order valence-corrected chi connectivity index (χ3v) is 13.6. The Labute approximate surface area is 369 Å². The van der Waals surface area contributed by atoms with Crippen molar-refractivity contribution in [3.8, 4) is 11.1 Å². The number of nitrogens with zero attached hydrogens (tertiary/aromatic N) is 2. The molecular formula is C58H60N4. The van der Waals surface area contributed by atoms with E-state index in [0.29, 0.717) is 24.0 Å². The van der Waals surface area contributed by atoms with E-state index in [2.05, 4.69) is 197 Å². The highest BCUT2D eigenvalue weighted by atomic mass is 15.2. The third-order valence-electron chi connectivity index (χ3n) is 13.6. The number of nitrogens with two attached hydrogens (primary N) is 1. The van der Waals surface area contributed by atoms with Gasteiger partial charge in [-0.1, -0.05) is 167 Å². The summed E-state index contributed by atoms with van der Waals surface area (Å²) < 4.78 is 2.70. The number of hydrogen-bond acceptors (Lipinski definition) is 3. The van der Waals surface area contributed by atoms with Crippen LogP contribution in [0.25, 0.3) is 28.1 Å². The molecule has 0 saturated heterocycles. The van der Waals surface area contributed by atoms with Crippen molar-refractivity contribution in [2.75, 3.05) is 4.90 Å². The van der Waals surface area contributed by atoms with Crippen LogP contribution < -0.4 is 10.6 Å². The number of hydrogen-bond donors (Lipinski definition) is 2. The monoisotopic (exact) mass is 812 g/mol. The van der Waals surface area contributed by atoms with Crippen molar-refractivity contribution >= 4 is 39.8 Å². The zero-order chi connectivity index (χ0) is 43.1. The topological polar surface area (TPSA) is 58.0 Å². The van der Waals surface area contributed by atoms with Gasteiger partial charge < -0.3 is 20.6 Å². The molecule has 0 radical (unpaired) electrons. The van der Waals surface area contributed by atoms with Crippen LogP contribution in [0.15, 0.2) is 163 Å². The molecule has 0 aliphatic heterocycles. The molecule has 0 fully saturated rings. The molecule has 4 aliphatic carbocycles. The van der Waals surface area contributed by atoms with Crippen molar-refractivity contribution in [2.24, 2.45) is 11.7 Å². The molecule has 10 rings (SSSR count).